The molecule has 0 aliphatic carbocycles. The van der Waals surface area contributed by atoms with Gasteiger partial charge in [-0.3, -0.25) is 0 Å². The molecular formula is C12H19ClN2O2S. The summed E-state index contributed by atoms with van der Waals surface area (Å²) < 4.78 is 26.2. The van der Waals surface area contributed by atoms with Crippen molar-refractivity contribution < 1.29 is 8.42 Å². The first kappa shape index (κ1) is 15.4. The van der Waals surface area contributed by atoms with E-state index in [-0.39, 0.29) is 9.92 Å². The number of halogens is 1. The summed E-state index contributed by atoms with van der Waals surface area (Å²) in [5.74, 6) is 0. The fourth-order valence-corrected chi connectivity index (χ4v) is 3.80. The fourth-order valence-electron chi connectivity index (χ4n) is 1.72. The van der Waals surface area contributed by atoms with Crippen molar-refractivity contribution in [3.8, 4) is 0 Å². The van der Waals surface area contributed by atoms with Crippen LogP contribution in [-0.4, -0.2) is 25.8 Å². The van der Waals surface area contributed by atoms with Gasteiger partial charge in [-0.1, -0.05) is 31.5 Å². The Morgan fingerprint density at radius 3 is 2.44 bits per heavy atom. The zero-order valence-corrected chi connectivity index (χ0v) is 12.3. The number of benzene rings is 1. The van der Waals surface area contributed by atoms with E-state index in [4.69, 9.17) is 17.3 Å². The second kappa shape index (κ2) is 6.52. The second-order valence-corrected chi connectivity index (χ2v) is 6.28. The maximum Gasteiger partial charge on any atom is 0.244 e. The maximum absolute atomic E-state index is 12.4. The molecule has 0 aliphatic rings. The molecule has 0 amide bonds. The molecule has 1 rings (SSSR count). The van der Waals surface area contributed by atoms with Crippen molar-refractivity contribution in [1.82, 2.24) is 4.31 Å². The van der Waals surface area contributed by atoms with Crippen LogP contribution >= 0.6 is 11.6 Å². The molecule has 0 fully saturated rings. The van der Waals surface area contributed by atoms with E-state index in [0.29, 0.717) is 19.6 Å². The molecule has 0 bridgehead atoms. The lowest BCUT2D eigenvalue weighted by Gasteiger charge is -2.20. The molecule has 18 heavy (non-hydrogen) atoms. The lowest BCUT2D eigenvalue weighted by atomic mass is 10.2. The van der Waals surface area contributed by atoms with E-state index in [2.05, 4.69) is 0 Å². The summed E-state index contributed by atoms with van der Waals surface area (Å²) in [6, 6.07) is 4.82. The Morgan fingerprint density at radius 2 is 2.00 bits per heavy atom. The second-order valence-electron chi connectivity index (χ2n) is 3.97. The summed E-state index contributed by atoms with van der Waals surface area (Å²) in [4.78, 5) is 0.150. The SMILES string of the molecule is CCCN(CC)S(=O)(=O)c1ccc(CN)cc1Cl. The topological polar surface area (TPSA) is 63.4 Å². The molecular weight excluding hydrogens is 272 g/mol. The monoisotopic (exact) mass is 290 g/mol. The number of nitrogens with two attached hydrogens (primary N) is 1. The van der Waals surface area contributed by atoms with Gasteiger partial charge in [-0.15, -0.1) is 0 Å². The van der Waals surface area contributed by atoms with E-state index in [1.807, 2.05) is 13.8 Å². The Kier molecular flexibility index (Phi) is 5.59. The van der Waals surface area contributed by atoms with Crippen LogP contribution in [-0.2, 0) is 16.6 Å². The fraction of sp³-hybridized carbons (Fsp3) is 0.500. The summed E-state index contributed by atoms with van der Waals surface area (Å²) in [5.41, 5.74) is 6.31. The first-order valence-corrected chi connectivity index (χ1v) is 7.77. The van der Waals surface area contributed by atoms with Crippen molar-refractivity contribution in [2.75, 3.05) is 13.1 Å². The van der Waals surface area contributed by atoms with Crippen LogP contribution in [0.2, 0.25) is 5.02 Å². The molecule has 0 spiro atoms. The minimum Gasteiger partial charge on any atom is -0.326 e. The van der Waals surface area contributed by atoms with Crippen molar-refractivity contribution in [3.05, 3.63) is 28.8 Å². The van der Waals surface area contributed by atoms with Crippen molar-refractivity contribution in [1.29, 1.82) is 0 Å². The summed E-state index contributed by atoms with van der Waals surface area (Å²) >= 11 is 6.03. The predicted molar refractivity (Wildman–Crippen MR) is 74.1 cm³/mol. The molecule has 0 atom stereocenters. The van der Waals surface area contributed by atoms with Gasteiger partial charge in [-0.25, -0.2) is 8.42 Å². The highest BCUT2D eigenvalue weighted by molar-refractivity contribution is 7.89. The number of nitrogens with zero attached hydrogens (tertiary/aromatic N) is 1. The van der Waals surface area contributed by atoms with Gasteiger partial charge < -0.3 is 5.73 Å². The Balaban J connectivity index is 3.19. The third-order valence-electron chi connectivity index (χ3n) is 2.68. The Hall–Kier alpha value is -0.620. The average Bonchev–Trinajstić information content (AvgIpc) is 2.35. The first-order chi connectivity index (χ1) is 8.47. The molecule has 0 saturated carbocycles. The van der Waals surface area contributed by atoms with Gasteiger partial charge in [-0.05, 0) is 24.1 Å². The first-order valence-electron chi connectivity index (χ1n) is 5.96. The van der Waals surface area contributed by atoms with Crippen molar-refractivity contribution in [3.63, 3.8) is 0 Å². The number of hydrogen-bond acceptors (Lipinski definition) is 3. The van der Waals surface area contributed by atoms with Crippen LogP contribution in [0.15, 0.2) is 23.1 Å². The van der Waals surface area contributed by atoms with Crippen LogP contribution in [0.3, 0.4) is 0 Å². The molecule has 102 valence electrons. The van der Waals surface area contributed by atoms with Crippen LogP contribution in [0.4, 0.5) is 0 Å². The molecule has 0 aromatic heterocycles. The standard InChI is InChI=1S/C12H19ClN2O2S/c1-3-7-15(4-2)18(16,17)12-6-5-10(9-14)8-11(12)13/h5-6,8H,3-4,7,9,14H2,1-2H3. The molecule has 0 radical (unpaired) electrons. The number of rotatable bonds is 6. The molecule has 1 aromatic carbocycles. The highest BCUT2D eigenvalue weighted by Gasteiger charge is 2.24. The van der Waals surface area contributed by atoms with Gasteiger partial charge in [0.05, 0.1) is 5.02 Å². The molecule has 0 heterocycles. The Bertz CT molecular complexity index is 503. The summed E-state index contributed by atoms with van der Waals surface area (Å²) in [5, 5.41) is 0.229. The maximum atomic E-state index is 12.4. The zero-order valence-electron chi connectivity index (χ0n) is 10.7. The normalized spacial score (nSPS) is 12.1. The average molecular weight is 291 g/mol. The highest BCUT2D eigenvalue weighted by Crippen LogP contribution is 2.25. The highest BCUT2D eigenvalue weighted by atomic mass is 35.5. The smallest absolute Gasteiger partial charge is 0.244 e. The molecule has 0 saturated heterocycles. The van der Waals surface area contributed by atoms with Gasteiger partial charge >= 0.3 is 0 Å². The molecule has 4 nitrogen and oxygen atoms in total. The lowest BCUT2D eigenvalue weighted by molar-refractivity contribution is 0.427. The van der Waals surface area contributed by atoms with E-state index >= 15 is 0 Å². The van der Waals surface area contributed by atoms with Gasteiger partial charge in [0, 0.05) is 19.6 Å². The largest absolute Gasteiger partial charge is 0.326 e. The van der Waals surface area contributed by atoms with E-state index < -0.39 is 10.0 Å². The summed E-state index contributed by atoms with van der Waals surface area (Å²) in [6.45, 7) is 5.03. The predicted octanol–water partition coefficient (Wildman–Crippen LogP) is 2.22. The van der Waals surface area contributed by atoms with Crippen LogP contribution in [0, 0.1) is 0 Å². The zero-order chi connectivity index (χ0) is 13.8. The van der Waals surface area contributed by atoms with Crippen LogP contribution in [0.25, 0.3) is 0 Å². The van der Waals surface area contributed by atoms with Crippen LogP contribution < -0.4 is 5.73 Å². The Morgan fingerprint density at radius 1 is 1.33 bits per heavy atom. The van der Waals surface area contributed by atoms with Crippen molar-refractivity contribution in [2.45, 2.75) is 31.7 Å². The minimum atomic E-state index is -3.51. The molecule has 2 N–H and O–H groups in total. The third-order valence-corrected chi connectivity index (χ3v) is 5.13. The van der Waals surface area contributed by atoms with Gasteiger partial charge in [0.2, 0.25) is 10.0 Å². The molecule has 1 aromatic rings. The van der Waals surface area contributed by atoms with Crippen LogP contribution in [0.1, 0.15) is 25.8 Å². The van der Waals surface area contributed by atoms with Gasteiger partial charge in [0.15, 0.2) is 0 Å². The van der Waals surface area contributed by atoms with Crippen LogP contribution in [0.5, 0.6) is 0 Å². The molecule has 6 heteroatoms. The third kappa shape index (κ3) is 3.23. The van der Waals surface area contributed by atoms with Gasteiger partial charge in [0.25, 0.3) is 0 Å². The van der Waals surface area contributed by atoms with Crippen molar-refractivity contribution in [2.24, 2.45) is 5.73 Å². The molecule has 0 unspecified atom stereocenters. The van der Waals surface area contributed by atoms with Gasteiger partial charge in [0.1, 0.15) is 4.90 Å². The molecule has 0 aliphatic heterocycles. The minimum absolute atomic E-state index is 0.150. The quantitative estimate of drug-likeness (QED) is 0.874. The van der Waals surface area contributed by atoms with E-state index in [0.717, 1.165) is 12.0 Å². The van der Waals surface area contributed by atoms with E-state index in [1.54, 1.807) is 12.1 Å². The van der Waals surface area contributed by atoms with E-state index in [1.165, 1.54) is 10.4 Å². The van der Waals surface area contributed by atoms with E-state index in [9.17, 15) is 8.42 Å². The number of hydrogen-bond donors (Lipinski definition) is 1. The van der Waals surface area contributed by atoms with Gasteiger partial charge in [-0.2, -0.15) is 4.31 Å². The summed E-state index contributed by atoms with van der Waals surface area (Å²) in [6.07, 6.45) is 0.769. The summed E-state index contributed by atoms with van der Waals surface area (Å²) in [7, 11) is -3.51. The lowest BCUT2D eigenvalue weighted by Crippen LogP contribution is -2.31. The Labute approximate surface area is 114 Å². The van der Waals surface area contributed by atoms with Crippen molar-refractivity contribution >= 4 is 21.6 Å². The number of sulfonamides is 1.